The molecule has 0 saturated carbocycles. The molecule has 84 valence electrons. The summed E-state index contributed by atoms with van der Waals surface area (Å²) in [6, 6.07) is 7.78. The van der Waals surface area contributed by atoms with E-state index in [0.29, 0.717) is 0 Å². The number of aromatic nitrogens is 4. The lowest BCUT2D eigenvalue weighted by atomic mass is 10.3. The van der Waals surface area contributed by atoms with Gasteiger partial charge in [-0.3, -0.25) is 0 Å². The molecule has 2 aromatic rings. The van der Waals surface area contributed by atoms with Crippen molar-refractivity contribution in [2.75, 3.05) is 13.6 Å². The van der Waals surface area contributed by atoms with Gasteiger partial charge in [-0.05, 0) is 40.3 Å². The Kier molecular flexibility index (Phi) is 3.63. The fourth-order valence-electron chi connectivity index (χ4n) is 1.30. The molecule has 1 heterocycles. The van der Waals surface area contributed by atoms with Crippen LogP contribution in [0.25, 0.3) is 5.69 Å². The van der Waals surface area contributed by atoms with Gasteiger partial charge in [0.15, 0.2) is 5.82 Å². The first kappa shape index (κ1) is 11.2. The normalized spacial score (nSPS) is 10.6. The van der Waals surface area contributed by atoms with Crippen molar-refractivity contribution in [1.29, 1.82) is 0 Å². The van der Waals surface area contributed by atoms with Gasteiger partial charge in [-0.2, -0.15) is 0 Å². The molecule has 1 aromatic heterocycles. The predicted octanol–water partition coefficient (Wildman–Crippen LogP) is 1.19. The van der Waals surface area contributed by atoms with Crippen molar-refractivity contribution >= 4 is 15.9 Å². The fraction of sp³-hybridized carbons (Fsp3) is 0.300. The van der Waals surface area contributed by atoms with Gasteiger partial charge < -0.3 is 5.32 Å². The molecule has 5 nitrogen and oxygen atoms in total. The molecule has 6 heteroatoms. The standard InChI is InChI=1S/C10H12BrN5/c1-12-7-6-10-13-15-16(14-10)9-5-3-2-4-8(9)11/h2-5,12H,6-7H2,1H3. The van der Waals surface area contributed by atoms with Crippen LogP contribution in [0.5, 0.6) is 0 Å². The number of nitrogens with zero attached hydrogens (tertiary/aromatic N) is 4. The van der Waals surface area contributed by atoms with E-state index >= 15 is 0 Å². The summed E-state index contributed by atoms with van der Waals surface area (Å²) in [7, 11) is 1.90. The van der Waals surface area contributed by atoms with Crippen LogP contribution in [0.4, 0.5) is 0 Å². The smallest absolute Gasteiger partial charge is 0.176 e. The summed E-state index contributed by atoms with van der Waals surface area (Å²) in [6.45, 7) is 0.849. The molecule has 0 atom stereocenters. The van der Waals surface area contributed by atoms with Crippen LogP contribution in [0.15, 0.2) is 28.7 Å². The second-order valence-corrected chi connectivity index (χ2v) is 4.15. The summed E-state index contributed by atoms with van der Waals surface area (Å²) in [4.78, 5) is 1.54. The highest BCUT2D eigenvalue weighted by Gasteiger charge is 2.06. The highest BCUT2D eigenvalue weighted by atomic mass is 79.9. The number of hydrogen-bond donors (Lipinski definition) is 1. The van der Waals surface area contributed by atoms with Crippen LogP contribution in [0.1, 0.15) is 5.82 Å². The van der Waals surface area contributed by atoms with Crippen LogP contribution in [-0.2, 0) is 6.42 Å². The molecule has 0 fully saturated rings. The van der Waals surface area contributed by atoms with Gasteiger partial charge in [0.1, 0.15) is 5.69 Å². The third-order valence-corrected chi connectivity index (χ3v) is 2.79. The van der Waals surface area contributed by atoms with Gasteiger partial charge >= 0.3 is 0 Å². The number of tetrazole rings is 1. The average molecular weight is 282 g/mol. The van der Waals surface area contributed by atoms with E-state index in [0.717, 1.165) is 29.0 Å². The first-order valence-corrected chi connectivity index (χ1v) is 5.79. The van der Waals surface area contributed by atoms with E-state index < -0.39 is 0 Å². The van der Waals surface area contributed by atoms with Crippen molar-refractivity contribution in [2.45, 2.75) is 6.42 Å². The summed E-state index contributed by atoms with van der Waals surface area (Å²) in [5.74, 6) is 0.741. The van der Waals surface area contributed by atoms with Crippen molar-refractivity contribution in [3.8, 4) is 5.69 Å². The Morgan fingerprint density at radius 3 is 2.94 bits per heavy atom. The summed E-state index contributed by atoms with van der Waals surface area (Å²) in [6.07, 6.45) is 0.779. The van der Waals surface area contributed by atoms with Gasteiger partial charge in [-0.25, -0.2) is 0 Å². The molecule has 16 heavy (non-hydrogen) atoms. The van der Waals surface area contributed by atoms with Crippen molar-refractivity contribution in [2.24, 2.45) is 0 Å². The number of para-hydroxylation sites is 1. The van der Waals surface area contributed by atoms with E-state index in [2.05, 4.69) is 36.7 Å². The predicted molar refractivity (Wildman–Crippen MR) is 64.5 cm³/mol. The molecule has 0 aliphatic rings. The zero-order valence-corrected chi connectivity index (χ0v) is 10.5. The van der Waals surface area contributed by atoms with Crippen LogP contribution in [-0.4, -0.2) is 33.8 Å². The molecule has 1 N–H and O–H groups in total. The monoisotopic (exact) mass is 281 g/mol. The minimum Gasteiger partial charge on any atom is -0.319 e. The first-order chi connectivity index (χ1) is 7.81. The fourth-order valence-corrected chi connectivity index (χ4v) is 1.74. The van der Waals surface area contributed by atoms with Crippen LogP contribution in [0.3, 0.4) is 0 Å². The summed E-state index contributed by atoms with van der Waals surface area (Å²) >= 11 is 3.45. The molecule has 0 saturated heterocycles. The summed E-state index contributed by atoms with van der Waals surface area (Å²) < 4.78 is 0.951. The zero-order chi connectivity index (χ0) is 11.4. The third kappa shape index (κ3) is 2.45. The largest absolute Gasteiger partial charge is 0.319 e. The second kappa shape index (κ2) is 5.18. The Morgan fingerprint density at radius 1 is 1.38 bits per heavy atom. The summed E-state index contributed by atoms with van der Waals surface area (Å²) in [5.41, 5.74) is 0.894. The van der Waals surface area contributed by atoms with E-state index in [1.807, 2.05) is 31.3 Å². The zero-order valence-electron chi connectivity index (χ0n) is 8.89. The molecule has 2 rings (SSSR count). The van der Waals surface area contributed by atoms with Crippen LogP contribution in [0, 0.1) is 0 Å². The Bertz CT molecular complexity index is 468. The minimum atomic E-state index is 0.741. The number of likely N-dealkylation sites (N-methyl/N-ethyl adjacent to an activating group) is 1. The van der Waals surface area contributed by atoms with Crippen molar-refractivity contribution in [3.63, 3.8) is 0 Å². The van der Waals surface area contributed by atoms with Gasteiger partial charge in [0.05, 0.1) is 0 Å². The first-order valence-electron chi connectivity index (χ1n) is 4.99. The Hall–Kier alpha value is -1.27. The maximum atomic E-state index is 4.30. The number of halogens is 1. The van der Waals surface area contributed by atoms with Crippen LogP contribution in [0.2, 0.25) is 0 Å². The maximum Gasteiger partial charge on any atom is 0.176 e. The molecule has 0 aliphatic heterocycles. The van der Waals surface area contributed by atoms with Gasteiger partial charge in [0.25, 0.3) is 0 Å². The highest BCUT2D eigenvalue weighted by Crippen LogP contribution is 2.18. The Labute approximate surface area is 102 Å². The highest BCUT2D eigenvalue weighted by molar-refractivity contribution is 9.10. The molecular weight excluding hydrogens is 270 g/mol. The average Bonchev–Trinajstić information content (AvgIpc) is 2.75. The van der Waals surface area contributed by atoms with E-state index in [4.69, 9.17) is 0 Å². The molecule has 0 aliphatic carbocycles. The number of hydrogen-bond acceptors (Lipinski definition) is 4. The number of benzene rings is 1. The van der Waals surface area contributed by atoms with E-state index in [1.54, 1.807) is 0 Å². The lowest BCUT2D eigenvalue weighted by Gasteiger charge is -2.00. The topological polar surface area (TPSA) is 55.6 Å². The van der Waals surface area contributed by atoms with Crippen LogP contribution >= 0.6 is 15.9 Å². The van der Waals surface area contributed by atoms with E-state index in [9.17, 15) is 0 Å². The third-order valence-electron chi connectivity index (χ3n) is 2.12. The van der Waals surface area contributed by atoms with Gasteiger partial charge in [-0.1, -0.05) is 12.1 Å². The molecule has 0 spiro atoms. The molecule has 0 radical (unpaired) electrons. The van der Waals surface area contributed by atoms with Gasteiger partial charge in [0.2, 0.25) is 0 Å². The SMILES string of the molecule is CNCCc1nnn(-c2ccccc2Br)n1. The molecule has 1 aromatic carbocycles. The van der Waals surface area contributed by atoms with Gasteiger partial charge in [0, 0.05) is 17.4 Å². The Balaban J connectivity index is 2.22. The second-order valence-electron chi connectivity index (χ2n) is 3.30. The number of rotatable bonds is 4. The quantitative estimate of drug-likeness (QED) is 0.915. The lowest BCUT2D eigenvalue weighted by molar-refractivity contribution is 0.710. The number of nitrogens with one attached hydrogen (secondary N) is 1. The van der Waals surface area contributed by atoms with E-state index in [-0.39, 0.29) is 0 Å². The maximum absolute atomic E-state index is 4.30. The van der Waals surface area contributed by atoms with Crippen molar-refractivity contribution in [3.05, 3.63) is 34.6 Å². The van der Waals surface area contributed by atoms with Crippen LogP contribution < -0.4 is 5.32 Å². The molecular formula is C10H12BrN5. The van der Waals surface area contributed by atoms with Gasteiger partial charge in [-0.15, -0.1) is 15.0 Å². The van der Waals surface area contributed by atoms with E-state index in [1.165, 1.54) is 4.80 Å². The lowest BCUT2D eigenvalue weighted by Crippen LogP contribution is -2.11. The minimum absolute atomic E-state index is 0.741. The molecule has 0 bridgehead atoms. The van der Waals surface area contributed by atoms with Crippen molar-refractivity contribution in [1.82, 2.24) is 25.5 Å². The Morgan fingerprint density at radius 2 is 2.19 bits per heavy atom. The molecule has 0 amide bonds. The summed E-state index contributed by atoms with van der Waals surface area (Å²) in [5, 5.41) is 15.4. The molecule has 0 unspecified atom stereocenters. The van der Waals surface area contributed by atoms with Crippen molar-refractivity contribution < 1.29 is 0 Å².